The Morgan fingerprint density at radius 1 is 1.41 bits per heavy atom. The molecular weight excluding hydrogens is 228 g/mol. The van der Waals surface area contributed by atoms with Gasteiger partial charge >= 0.3 is 0 Å². The summed E-state index contributed by atoms with van der Waals surface area (Å²) in [6.45, 7) is 15.3. The average Bonchev–Trinajstić information content (AvgIpc) is 3.00. The van der Waals surface area contributed by atoms with Crippen LogP contribution < -0.4 is 0 Å². The molecule has 1 aliphatic heterocycles. The minimum Gasteiger partial charge on any atom is -0.413 e. The van der Waals surface area contributed by atoms with Crippen LogP contribution in [0.3, 0.4) is 0 Å². The third kappa shape index (κ3) is 4.57. The van der Waals surface area contributed by atoms with Crippen LogP contribution in [0, 0.1) is 5.92 Å². The van der Waals surface area contributed by atoms with Crippen LogP contribution in [0.2, 0.25) is 18.1 Å². The molecule has 0 N–H and O–H groups in total. The lowest BCUT2D eigenvalue weighted by Gasteiger charge is -2.35. The van der Waals surface area contributed by atoms with Gasteiger partial charge in [-0.1, -0.05) is 39.8 Å². The summed E-state index contributed by atoms with van der Waals surface area (Å²) in [6.07, 6.45) is 6.08. The molecule has 1 aliphatic rings. The van der Waals surface area contributed by atoms with Gasteiger partial charge in [-0.05, 0) is 24.6 Å². The van der Waals surface area contributed by atoms with Crippen LogP contribution in [-0.4, -0.2) is 27.6 Å². The van der Waals surface area contributed by atoms with Crippen molar-refractivity contribution in [1.29, 1.82) is 0 Å². The Kier molecular flexibility index (Phi) is 4.99. The zero-order chi connectivity index (χ0) is 13.1. The summed E-state index contributed by atoms with van der Waals surface area (Å²) >= 11 is 0. The van der Waals surface area contributed by atoms with Crippen LogP contribution in [0.15, 0.2) is 12.2 Å². The third-order valence-corrected chi connectivity index (χ3v) is 8.54. The molecule has 1 heterocycles. The van der Waals surface area contributed by atoms with Gasteiger partial charge in [-0.25, -0.2) is 0 Å². The molecule has 0 aromatic carbocycles. The molecule has 0 saturated carbocycles. The van der Waals surface area contributed by atoms with Crippen LogP contribution in [0.25, 0.3) is 0 Å². The van der Waals surface area contributed by atoms with Crippen molar-refractivity contribution in [3.63, 3.8) is 0 Å². The summed E-state index contributed by atoms with van der Waals surface area (Å²) in [6, 6.07) is 0. The third-order valence-electron chi connectivity index (χ3n) is 4.04. The molecule has 0 spiro atoms. The lowest BCUT2D eigenvalue weighted by atomic mass is 10.0. The molecule has 1 fully saturated rings. The molecule has 3 heteroatoms. The van der Waals surface area contributed by atoms with Crippen LogP contribution in [0.4, 0.5) is 0 Å². The van der Waals surface area contributed by atoms with Crippen molar-refractivity contribution in [3.05, 3.63) is 12.2 Å². The second-order valence-electron chi connectivity index (χ2n) is 6.44. The molecule has 2 nitrogen and oxygen atoms in total. The van der Waals surface area contributed by atoms with Gasteiger partial charge in [-0.3, -0.25) is 0 Å². The SMILES string of the molecule is CCC(/C=C\CO[Si](C)(C)C(C)(C)C)[C@H]1CO1. The predicted octanol–water partition coefficient (Wildman–Crippen LogP) is 3.99. The normalized spacial score (nSPS) is 23.1. The summed E-state index contributed by atoms with van der Waals surface area (Å²) in [5.74, 6) is 0.581. The zero-order valence-electron chi connectivity index (χ0n) is 12.2. The van der Waals surface area contributed by atoms with E-state index in [1.165, 1.54) is 0 Å². The molecule has 100 valence electrons. The van der Waals surface area contributed by atoms with Crippen molar-refractivity contribution in [2.75, 3.05) is 13.2 Å². The van der Waals surface area contributed by atoms with E-state index in [0.29, 0.717) is 17.1 Å². The molecule has 1 unspecified atom stereocenters. The van der Waals surface area contributed by atoms with E-state index in [-0.39, 0.29) is 0 Å². The first-order valence-electron chi connectivity index (χ1n) is 6.70. The Labute approximate surface area is 108 Å². The zero-order valence-corrected chi connectivity index (χ0v) is 13.2. The molecule has 2 atom stereocenters. The Balaban J connectivity index is 2.33. The minimum absolute atomic E-state index is 0.296. The van der Waals surface area contributed by atoms with Crippen LogP contribution in [0.1, 0.15) is 34.1 Å². The lowest BCUT2D eigenvalue weighted by Crippen LogP contribution is -2.40. The molecular formula is C14H28O2Si. The first kappa shape index (κ1) is 14.9. The fourth-order valence-electron chi connectivity index (χ4n) is 1.53. The van der Waals surface area contributed by atoms with Crippen molar-refractivity contribution in [1.82, 2.24) is 0 Å². The number of hydrogen-bond donors (Lipinski definition) is 0. The van der Waals surface area contributed by atoms with E-state index in [1.807, 2.05) is 0 Å². The molecule has 0 bridgehead atoms. The molecule has 0 radical (unpaired) electrons. The quantitative estimate of drug-likeness (QED) is 0.407. The van der Waals surface area contributed by atoms with Gasteiger partial charge in [0.2, 0.25) is 0 Å². The molecule has 17 heavy (non-hydrogen) atoms. The molecule has 0 aromatic rings. The smallest absolute Gasteiger partial charge is 0.192 e. The van der Waals surface area contributed by atoms with E-state index in [9.17, 15) is 0 Å². The van der Waals surface area contributed by atoms with Gasteiger partial charge in [0.25, 0.3) is 0 Å². The second-order valence-corrected chi connectivity index (χ2v) is 11.3. The van der Waals surface area contributed by atoms with Gasteiger partial charge in [-0.2, -0.15) is 0 Å². The van der Waals surface area contributed by atoms with E-state index in [1.54, 1.807) is 0 Å². The maximum Gasteiger partial charge on any atom is 0.192 e. The second kappa shape index (κ2) is 5.68. The van der Waals surface area contributed by atoms with Gasteiger partial charge in [0.1, 0.15) is 0 Å². The summed E-state index contributed by atoms with van der Waals surface area (Å²) in [4.78, 5) is 0. The first-order chi connectivity index (χ1) is 7.78. The Morgan fingerprint density at radius 2 is 2.00 bits per heavy atom. The van der Waals surface area contributed by atoms with E-state index in [2.05, 4.69) is 52.9 Å². The monoisotopic (exact) mass is 256 g/mol. The fraction of sp³-hybridized carbons (Fsp3) is 0.857. The maximum absolute atomic E-state index is 6.10. The van der Waals surface area contributed by atoms with Crippen LogP contribution >= 0.6 is 0 Å². The Bertz CT molecular complexity index is 262. The molecule has 0 aliphatic carbocycles. The summed E-state index contributed by atoms with van der Waals surface area (Å²) < 4.78 is 11.4. The van der Waals surface area contributed by atoms with Gasteiger partial charge < -0.3 is 9.16 Å². The number of rotatable bonds is 6. The van der Waals surface area contributed by atoms with Crippen molar-refractivity contribution >= 4 is 8.32 Å². The van der Waals surface area contributed by atoms with E-state index < -0.39 is 8.32 Å². The summed E-state index contributed by atoms with van der Waals surface area (Å²) in [7, 11) is -1.58. The van der Waals surface area contributed by atoms with Crippen LogP contribution in [0.5, 0.6) is 0 Å². The lowest BCUT2D eigenvalue weighted by molar-refractivity contribution is 0.324. The largest absolute Gasteiger partial charge is 0.413 e. The molecule has 0 aromatic heterocycles. The minimum atomic E-state index is -1.58. The molecule has 0 amide bonds. The van der Waals surface area contributed by atoms with E-state index >= 15 is 0 Å². The van der Waals surface area contributed by atoms with Crippen molar-refractivity contribution in [2.24, 2.45) is 5.92 Å². The van der Waals surface area contributed by atoms with Crippen molar-refractivity contribution < 1.29 is 9.16 Å². The standard InChI is InChI=1S/C14H28O2Si/c1-7-12(13-11-15-13)9-8-10-16-17(5,6)14(2,3)4/h8-9,12-13H,7,10-11H2,1-6H3/b9-8-/t12?,13-/m1/s1. The fourth-order valence-corrected chi connectivity index (χ4v) is 2.47. The van der Waals surface area contributed by atoms with Crippen molar-refractivity contribution in [3.8, 4) is 0 Å². The first-order valence-corrected chi connectivity index (χ1v) is 9.61. The highest BCUT2D eigenvalue weighted by molar-refractivity contribution is 6.74. The topological polar surface area (TPSA) is 21.8 Å². The number of hydrogen-bond acceptors (Lipinski definition) is 2. The highest BCUT2D eigenvalue weighted by Gasteiger charge is 2.36. The number of ether oxygens (including phenoxy) is 1. The van der Waals surface area contributed by atoms with Crippen LogP contribution in [-0.2, 0) is 9.16 Å². The van der Waals surface area contributed by atoms with Gasteiger partial charge in [0.05, 0.1) is 19.3 Å². The summed E-state index contributed by atoms with van der Waals surface area (Å²) in [5.41, 5.74) is 0. The van der Waals surface area contributed by atoms with E-state index in [0.717, 1.165) is 19.6 Å². The summed E-state index contributed by atoms with van der Waals surface area (Å²) in [5, 5.41) is 0.296. The average molecular weight is 256 g/mol. The van der Waals surface area contributed by atoms with Crippen molar-refractivity contribution in [2.45, 2.75) is 58.4 Å². The molecule has 1 saturated heterocycles. The van der Waals surface area contributed by atoms with Gasteiger partial charge in [-0.15, -0.1) is 0 Å². The maximum atomic E-state index is 6.10. The van der Waals surface area contributed by atoms with Gasteiger partial charge in [0.15, 0.2) is 8.32 Å². The van der Waals surface area contributed by atoms with Gasteiger partial charge in [0, 0.05) is 5.92 Å². The number of epoxide rings is 1. The predicted molar refractivity (Wildman–Crippen MR) is 75.8 cm³/mol. The Morgan fingerprint density at radius 3 is 2.41 bits per heavy atom. The Hall–Kier alpha value is -0.123. The highest BCUT2D eigenvalue weighted by Crippen LogP contribution is 2.36. The van der Waals surface area contributed by atoms with E-state index in [4.69, 9.17) is 9.16 Å². The highest BCUT2D eigenvalue weighted by atomic mass is 28.4. The molecule has 1 rings (SSSR count).